The first-order valence-electron chi connectivity index (χ1n) is 12.2. The number of rotatable bonds is 7. The molecule has 1 unspecified atom stereocenters. The van der Waals surface area contributed by atoms with Crippen LogP contribution in [0.1, 0.15) is 36.4 Å². The van der Waals surface area contributed by atoms with Crippen molar-refractivity contribution in [3.05, 3.63) is 84.2 Å². The summed E-state index contributed by atoms with van der Waals surface area (Å²) in [6, 6.07) is 19.2. The van der Waals surface area contributed by atoms with Crippen molar-refractivity contribution in [1.29, 1.82) is 0 Å². The fourth-order valence-electron chi connectivity index (χ4n) is 5.03. The SMILES string of the molecule is COc1cc(Cn2ncc3cc(N4C(=O)CC(NC(=O)C5CC5)[C@H]4c4ccccc4)ccc32)ccn1. The van der Waals surface area contributed by atoms with Crippen LogP contribution in [0.2, 0.25) is 0 Å². The van der Waals surface area contributed by atoms with Crippen LogP contribution in [0.25, 0.3) is 10.9 Å². The number of nitrogens with zero attached hydrogens (tertiary/aromatic N) is 4. The van der Waals surface area contributed by atoms with Crippen LogP contribution in [-0.4, -0.2) is 39.7 Å². The summed E-state index contributed by atoms with van der Waals surface area (Å²) in [5.41, 5.74) is 3.81. The van der Waals surface area contributed by atoms with Gasteiger partial charge in [-0.15, -0.1) is 0 Å². The maximum atomic E-state index is 13.3. The summed E-state index contributed by atoms with van der Waals surface area (Å²) >= 11 is 0. The quantitative estimate of drug-likeness (QED) is 0.433. The molecule has 2 amide bonds. The maximum Gasteiger partial charge on any atom is 0.229 e. The molecule has 8 nitrogen and oxygen atoms in total. The summed E-state index contributed by atoms with van der Waals surface area (Å²) in [5, 5.41) is 8.69. The Morgan fingerprint density at radius 1 is 1.11 bits per heavy atom. The molecule has 4 aromatic rings. The molecule has 0 bridgehead atoms. The van der Waals surface area contributed by atoms with E-state index in [1.54, 1.807) is 13.3 Å². The van der Waals surface area contributed by atoms with Crippen molar-refractivity contribution in [2.75, 3.05) is 12.0 Å². The Morgan fingerprint density at radius 2 is 1.94 bits per heavy atom. The van der Waals surface area contributed by atoms with Gasteiger partial charge in [-0.05, 0) is 48.2 Å². The fraction of sp³-hybridized carbons (Fsp3) is 0.286. The van der Waals surface area contributed by atoms with Gasteiger partial charge in [-0.25, -0.2) is 4.98 Å². The number of fused-ring (bicyclic) bond motifs is 1. The van der Waals surface area contributed by atoms with Crippen molar-refractivity contribution in [1.82, 2.24) is 20.1 Å². The number of carbonyl (C=O) groups excluding carboxylic acids is 2. The van der Waals surface area contributed by atoms with Crippen LogP contribution in [0.5, 0.6) is 5.88 Å². The van der Waals surface area contributed by atoms with Gasteiger partial charge in [0, 0.05) is 35.7 Å². The summed E-state index contributed by atoms with van der Waals surface area (Å²) in [6.45, 7) is 0.576. The van der Waals surface area contributed by atoms with E-state index in [9.17, 15) is 9.59 Å². The van der Waals surface area contributed by atoms with E-state index in [0.717, 1.165) is 40.6 Å². The zero-order valence-corrected chi connectivity index (χ0v) is 20.0. The van der Waals surface area contributed by atoms with E-state index in [0.29, 0.717) is 12.4 Å². The maximum absolute atomic E-state index is 13.3. The van der Waals surface area contributed by atoms with Gasteiger partial charge in [-0.1, -0.05) is 30.3 Å². The van der Waals surface area contributed by atoms with Crippen LogP contribution in [0, 0.1) is 5.92 Å². The molecular formula is C28H27N5O3. The average molecular weight is 482 g/mol. The normalized spacial score (nSPS) is 19.6. The topological polar surface area (TPSA) is 89.4 Å². The lowest BCUT2D eigenvalue weighted by molar-refractivity contribution is -0.123. The first-order chi connectivity index (χ1) is 17.6. The predicted octanol–water partition coefficient (Wildman–Crippen LogP) is 3.86. The number of methoxy groups -OCH3 is 1. The van der Waals surface area contributed by atoms with E-state index >= 15 is 0 Å². The first kappa shape index (κ1) is 22.3. The number of ether oxygens (including phenoxy) is 1. The molecule has 1 saturated heterocycles. The van der Waals surface area contributed by atoms with Crippen molar-refractivity contribution < 1.29 is 14.3 Å². The molecule has 6 rings (SSSR count). The third-order valence-corrected chi connectivity index (χ3v) is 6.98. The molecule has 1 saturated carbocycles. The van der Waals surface area contributed by atoms with Crippen molar-refractivity contribution >= 4 is 28.4 Å². The molecule has 3 heterocycles. The standard InChI is InChI=1S/C28H27N5O3/c1-36-25-13-18(11-12-29-25)17-32-24-10-9-22(14-21(24)16-30-32)33-26(34)15-23(31-28(35)20-7-8-20)27(33)19-5-3-2-4-6-19/h2-6,9-14,16,20,23,27H,7-8,15,17H2,1H3,(H,31,35)/t23?,27-/m1/s1. The molecule has 182 valence electrons. The fourth-order valence-corrected chi connectivity index (χ4v) is 5.03. The highest BCUT2D eigenvalue weighted by Gasteiger charge is 2.44. The number of anilines is 1. The molecule has 0 radical (unpaired) electrons. The van der Waals surface area contributed by atoms with Gasteiger partial charge in [-0.3, -0.25) is 14.3 Å². The van der Waals surface area contributed by atoms with Gasteiger partial charge in [0.25, 0.3) is 0 Å². The number of pyridine rings is 1. The van der Waals surface area contributed by atoms with Gasteiger partial charge in [0.15, 0.2) is 0 Å². The molecule has 1 aliphatic heterocycles. The molecule has 1 N–H and O–H groups in total. The Bertz CT molecular complexity index is 1430. The van der Waals surface area contributed by atoms with Crippen LogP contribution in [0.3, 0.4) is 0 Å². The molecule has 2 fully saturated rings. The van der Waals surface area contributed by atoms with E-state index < -0.39 is 0 Å². The lowest BCUT2D eigenvalue weighted by Crippen LogP contribution is -2.40. The number of hydrogen-bond acceptors (Lipinski definition) is 5. The Hall–Kier alpha value is -4.20. The summed E-state index contributed by atoms with van der Waals surface area (Å²) in [6.07, 6.45) is 5.68. The Morgan fingerprint density at radius 3 is 2.72 bits per heavy atom. The summed E-state index contributed by atoms with van der Waals surface area (Å²) in [7, 11) is 1.60. The van der Waals surface area contributed by atoms with Crippen molar-refractivity contribution in [3.8, 4) is 5.88 Å². The van der Waals surface area contributed by atoms with Crippen LogP contribution in [-0.2, 0) is 16.1 Å². The second-order valence-corrected chi connectivity index (χ2v) is 9.46. The largest absolute Gasteiger partial charge is 0.481 e. The number of benzene rings is 2. The number of nitrogens with one attached hydrogen (secondary N) is 1. The average Bonchev–Trinajstić information content (AvgIpc) is 3.62. The molecule has 2 aromatic carbocycles. The highest BCUT2D eigenvalue weighted by atomic mass is 16.5. The smallest absolute Gasteiger partial charge is 0.229 e. The van der Waals surface area contributed by atoms with E-state index in [1.807, 2.05) is 76.4 Å². The van der Waals surface area contributed by atoms with Gasteiger partial charge in [0.1, 0.15) is 0 Å². The minimum absolute atomic E-state index is 0.000530. The zero-order valence-electron chi connectivity index (χ0n) is 20.0. The third kappa shape index (κ3) is 4.19. The number of aromatic nitrogens is 3. The zero-order chi connectivity index (χ0) is 24.6. The van der Waals surface area contributed by atoms with E-state index in [2.05, 4.69) is 15.4 Å². The summed E-state index contributed by atoms with van der Waals surface area (Å²) in [5.74, 6) is 0.711. The van der Waals surface area contributed by atoms with E-state index in [4.69, 9.17) is 4.74 Å². The van der Waals surface area contributed by atoms with Crippen molar-refractivity contribution in [2.45, 2.75) is 37.9 Å². The van der Waals surface area contributed by atoms with Gasteiger partial charge < -0.3 is 15.0 Å². The van der Waals surface area contributed by atoms with Crippen molar-refractivity contribution in [3.63, 3.8) is 0 Å². The lowest BCUT2D eigenvalue weighted by atomic mass is 9.99. The Balaban J connectivity index is 1.32. The van der Waals surface area contributed by atoms with Gasteiger partial charge >= 0.3 is 0 Å². The van der Waals surface area contributed by atoms with Crippen LogP contribution >= 0.6 is 0 Å². The van der Waals surface area contributed by atoms with Gasteiger partial charge in [-0.2, -0.15) is 5.10 Å². The minimum Gasteiger partial charge on any atom is -0.481 e. The molecule has 2 aliphatic rings. The monoisotopic (exact) mass is 481 g/mol. The van der Waals surface area contributed by atoms with E-state index in [1.165, 1.54) is 0 Å². The molecule has 1 aliphatic carbocycles. The van der Waals surface area contributed by atoms with Crippen LogP contribution in [0.15, 0.2) is 73.1 Å². The minimum atomic E-state index is -0.270. The summed E-state index contributed by atoms with van der Waals surface area (Å²) < 4.78 is 7.16. The Kier molecular flexibility index (Phi) is 5.64. The second-order valence-electron chi connectivity index (χ2n) is 9.46. The third-order valence-electron chi connectivity index (χ3n) is 6.98. The van der Waals surface area contributed by atoms with Crippen LogP contribution in [0.4, 0.5) is 5.69 Å². The highest BCUT2D eigenvalue weighted by molar-refractivity contribution is 6.00. The van der Waals surface area contributed by atoms with Crippen molar-refractivity contribution in [2.24, 2.45) is 5.92 Å². The molecule has 8 heteroatoms. The Labute approximate surface area is 208 Å². The molecular weight excluding hydrogens is 454 g/mol. The predicted molar refractivity (Wildman–Crippen MR) is 136 cm³/mol. The summed E-state index contributed by atoms with van der Waals surface area (Å²) in [4.78, 5) is 31.9. The molecule has 36 heavy (non-hydrogen) atoms. The number of carbonyl (C=O) groups is 2. The van der Waals surface area contributed by atoms with Gasteiger partial charge in [0.05, 0.1) is 37.5 Å². The highest BCUT2D eigenvalue weighted by Crippen LogP contribution is 2.39. The number of hydrogen-bond donors (Lipinski definition) is 1. The number of amides is 2. The first-order valence-corrected chi connectivity index (χ1v) is 12.2. The second kappa shape index (κ2) is 9.11. The van der Waals surface area contributed by atoms with Gasteiger partial charge in [0.2, 0.25) is 17.7 Å². The molecule has 2 atom stereocenters. The molecule has 0 spiro atoms. The lowest BCUT2D eigenvalue weighted by Gasteiger charge is -2.29. The van der Waals surface area contributed by atoms with Crippen LogP contribution < -0.4 is 15.0 Å². The van der Waals surface area contributed by atoms with E-state index in [-0.39, 0.29) is 36.2 Å². The molecule has 2 aromatic heterocycles.